The van der Waals surface area contributed by atoms with Crippen LogP contribution in [0.15, 0.2) is 78.9 Å². The molecule has 1 aliphatic heterocycles. The molecule has 0 aromatic heterocycles. The Bertz CT molecular complexity index is 1190. The Hall–Kier alpha value is -3.81. The van der Waals surface area contributed by atoms with Crippen LogP contribution >= 0.6 is 0 Å². The molecule has 0 atom stereocenters. The average molecular weight is 496 g/mol. The number of hydrogen-bond acceptors (Lipinski definition) is 3. The van der Waals surface area contributed by atoms with Crippen LogP contribution in [0.25, 0.3) is 0 Å². The van der Waals surface area contributed by atoms with Crippen LogP contribution in [0.2, 0.25) is 0 Å². The first-order chi connectivity index (χ1) is 17.2. The monoisotopic (exact) mass is 495 g/mol. The molecule has 5 nitrogen and oxygen atoms in total. The van der Waals surface area contributed by atoms with E-state index in [9.17, 15) is 22.8 Å². The molecule has 3 aromatic rings. The standard InChI is InChI=1S/C28H28F3N3O2/c1-33(19-20-7-3-2-4-8-20)27(36)24-9-5-6-10-25(24)34-17-15-23(16-18-34)32-26(35)21-11-13-22(14-12-21)28(29,30)31/h2-14,23H,15-19H2,1H3,(H,32,35). The van der Waals surface area contributed by atoms with Crippen LogP contribution in [0.1, 0.15) is 44.7 Å². The van der Waals surface area contributed by atoms with Gasteiger partial charge in [0.1, 0.15) is 0 Å². The van der Waals surface area contributed by atoms with Gasteiger partial charge in [0.15, 0.2) is 0 Å². The maximum absolute atomic E-state index is 13.2. The van der Waals surface area contributed by atoms with E-state index >= 15 is 0 Å². The number of para-hydroxylation sites is 1. The fraction of sp³-hybridized carbons (Fsp3) is 0.286. The van der Waals surface area contributed by atoms with Gasteiger partial charge in [-0.2, -0.15) is 13.2 Å². The van der Waals surface area contributed by atoms with Crippen molar-refractivity contribution in [3.8, 4) is 0 Å². The van der Waals surface area contributed by atoms with Gasteiger partial charge in [-0.25, -0.2) is 0 Å². The molecule has 188 valence electrons. The van der Waals surface area contributed by atoms with Crippen molar-refractivity contribution in [3.05, 3.63) is 101 Å². The maximum atomic E-state index is 13.2. The second-order valence-corrected chi connectivity index (χ2v) is 8.97. The summed E-state index contributed by atoms with van der Waals surface area (Å²) in [6.07, 6.45) is -3.11. The molecule has 0 saturated carbocycles. The van der Waals surface area contributed by atoms with E-state index in [-0.39, 0.29) is 23.4 Å². The summed E-state index contributed by atoms with van der Waals surface area (Å²) < 4.78 is 38.3. The van der Waals surface area contributed by atoms with Crippen molar-refractivity contribution in [3.63, 3.8) is 0 Å². The summed E-state index contributed by atoms with van der Waals surface area (Å²) >= 11 is 0. The van der Waals surface area contributed by atoms with Gasteiger partial charge in [-0.1, -0.05) is 42.5 Å². The van der Waals surface area contributed by atoms with Crippen molar-refractivity contribution >= 4 is 17.5 Å². The van der Waals surface area contributed by atoms with Crippen LogP contribution < -0.4 is 10.2 Å². The molecule has 0 bridgehead atoms. The summed E-state index contributed by atoms with van der Waals surface area (Å²) in [6, 6.07) is 21.5. The number of carbonyl (C=O) groups excluding carboxylic acids is 2. The predicted molar refractivity (Wildman–Crippen MR) is 133 cm³/mol. The number of nitrogens with one attached hydrogen (secondary N) is 1. The van der Waals surface area contributed by atoms with Gasteiger partial charge >= 0.3 is 6.18 Å². The minimum absolute atomic E-state index is 0.0628. The molecule has 3 aromatic carbocycles. The lowest BCUT2D eigenvalue weighted by Crippen LogP contribution is -2.45. The molecule has 1 fully saturated rings. The molecule has 2 amide bonds. The zero-order chi connectivity index (χ0) is 25.7. The Labute approximate surface area is 208 Å². The van der Waals surface area contributed by atoms with Crippen LogP contribution in [0.5, 0.6) is 0 Å². The molecular weight excluding hydrogens is 467 g/mol. The van der Waals surface area contributed by atoms with Crippen LogP contribution in [0.3, 0.4) is 0 Å². The van der Waals surface area contributed by atoms with Crippen LogP contribution in [0, 0.1) is 0 Å². The third-order valence-corrected chi connectivity index (χ3v) is 6.39. The molecule has 0 unspecified atom stereocenters. The molecule has 36 heavy (non-hydrogen) atoms. The molecule has 4 rings (SSSR count). The fourth-order valence-corrected chi connectivity index (χ4v) is 4.41. The minimum Gasteiger partial charge on any atom is -0.371 e. The highest BCUT2D eigenvalue weighted by molar-refractivity contribution is 5.99. The Morgan fingerprint density at radius 2 is 1.53 bits per heavy atom. The zero-order valence-electron chi connectivity index (χ0n) is 20.0. The van der Waals surface area contributed by atoms with Crippen molar-refractivity contribution in [1.29, 1.82) is 0 Å². The molecule has 1 heterocycles. The minimum atomic E-state index is -4.43. The van der Waals surface area contributed by atoms with Gasteiger partial charge in [-0.05, 0) is 54.8 Å². The number of hydrogen-bond donors (Lipinski definition) is 1. The average Bonchev–Trinajstić information content (AvgIpc) is 2.89. The summed E-state index contributed by atoms with van der Waals surface area (Å²) in [5.41, 5.74) is 1.95. The normalized spacial score (nSPS) is 14.4. The Morgan fingerprint density at radius 1 is 0.917 bits per heavy atom. The van der Waals surface area contributed by atoms with E-state index < -0.39 is 11.7 Å². The number of halogens is 3. The summed E-state index contributed by atoms with van der Waals surface area (Å²) in [4.78, 5) is 29.6. The van der Waals surface area contributed by atoms with Crippen molar-refractivity contribution in [2.75, 3.05) is 25.0 Å². The van der Waals surface area contributed by atoms with Gasteiger partial charge in [-0.15, -0.1) is 0 Å². The molecule has 0 radical (unpaired) electrons. The van der Waals surface area contributed by atoms with Crippen molar-refractivity contribution < 1.29 is 22.8 Å². The van der Waals surface area contributed by atoms with Crippen molar-refractivity contribution in [2.24, 2.45) is 0 Å². The van der Waals surface area contributed by atoms with E-state index in [4.69, 9.17) is 0 Å². The first kappa shape index (κ1) is 25.3. The maximum Gasteiger partial charge on any atom is 0.416 e. The third-order valence-electron chi connectivity index (χ3n) is 6.39. The number of rotatable bonds is 6. The highest BCUT2D eigenvalue weighted by atomic mass is 19.4. The lowest BCUT2D eigenvalue weighted by Gasteiger charge is -2.35. The highest BCUT2D eigenvalue weighted by Gasteiger charge is 2.30. The summed E-state index contributed by atoms with van der Waals surface area (Å²) in [5.74, 6) is -0.451. The van der Waals surface area contributed by atoms with Gasteiger partial charge in [0.25, 0.3) is 11.8 Å². The topological polar surface area (TPSA) is 52.7 Å². The number of nitrogens with zero attached hydrogens (tertiary/aromatic N) is 2. The Kier molecular flexibility index (Phi) is 7.62. The molecule has 0 aliphatic carbocycles. The smallest absolute Gasteiger partial charge is 0.371 e. The molecule has 1 N–H and O–H groups in total. The second-order valence-electron chi connectivity index (χ2n) is 8.97. The van der Waals surface area contributed by atoms with Gasteiger partial charge in [0.05, 0.1) is 11.1 Å². The molecular formula is C28H28F3N3O2. The Balaban J connectivity index is 1.36. The zero-order valence-corrected chi connectivity index (χ0v) is 20.0. The van der Waals surface area contributed by atoms with E-state index in [0.717, 1.165) is 23.4 Å². The van der Waals surface area contributed by atoms with E-state index in [1.165, 1.54) is 12.1 Å². The summed E-state index contributed by atoms with van der Waals surface area (Å²) in [6.45, 7) is 1.79. The van der Waals surface area contributed by atoms with E-state index in [1.54, 1.807) is 11.9 Å². The van der Waals surface area contributed by atoms with Gasteiger partial charge in [0.2, 0.25) is 0 Å². The van der Waals surface area contributed by atoms with Crippen molar-refractivity contribution in [1.82, 2.24) is 10.2 Å². The second kappa shape index (κ2) is 10.8. The largest absolute Gasteiger partial charge is 0.416 e. The molecule has 1 saturated heterocycles. The van der Waals surface area contributed by atoms with Gasteiger partial charge in [0, 0.05) is 44.0 Å². The SMILES string of the molecule is CN(Cc1ccccc1)C(=O)c1ccccc1N1CCC(NC(=O)c2ccc(C(F)(F)F)cc2)CC1. The first-order valence-electron chi connectivity index (χ1n) is 11.8. The fourth-order valence-electron chi connectivity index (χ4n) is 4.41. The summed E-state index contributed by atoms with van der Waals surface area (Å²) in [5, 5.41) is 2.93. The molecule has 1 aliphatic rings. The van der Waals surface area contributed by atoms with E-state index in [0.29, 0.717) is 38.0 Å². The third kappa shape index (κ3) is 6.05. The number of piperidine rings is 1. The molecule has 0 spiro atoms. The van der Waals surface area contributed by atoms with Gasteiger partial charge < -0.3 is 15.1 Å². The Morgan fingerprint density at radius 3 is 2.17 bits per heavy atom. The first-order valence-corrected chi connectivity index (χ1v) is 11.8. The number of carbonyl (C=O) groups is 2. The predicted octanol–water partition coefficient (Wildman–Crippen LogP) is 5.38. The van der Waals surface area contributed by atoms with Crippen molar-refractivity contribution in [2.45, 2.75) is 31.6 Å². The quantitative estimate of drug-likeness (QED) is 0.500. The number of amides is 2. The lowest BCUT2D eigenvalue weighted by molar-refractivity contribution is -0.137. The van der Waals surface area contributed by atoms with Crippen LogP contribution in [-0.4, -0.2) is 42.9 Å². The summed E-state index contributed by atoms with van der Waals surface area (Å²) in [7, 11) is 1.79. The van der Waals surface area contributed by atoms with Crippen LogP contribution in [-0.2, 0) is 12.7 Å². The highest BCUT2D eigenvalue weighted by Crippen LogP contribution is 2.29. The number of anilines is 1. The van der Waals surface area contributed by atoms with Crippen LogP contribution in [0.4, 0.5) is 18.9 Å². The van der Waals surface area contributed by atoms with Gasteiger partial charge in [-0.3, -0.25) is 9.59 Å². The van der Waals surface area contributed by atoms with E-state index in [2.05, 4.69) is 10.2 Å². The molecule has 8 heteroatoms. The number of alkyl halides is 3. The number of benzene rings is 3. The lowest BCUT2D eigenvalue weighted by atomic mass is 10.0. The van der Waals surface area contributed by atoms with E-state index in [1.807, 2.05) is 54.6 Å².